The molecule has 1 aromatic carbocycles. The number of alkyl halides is 2. The maximum absolute atomic E-state index is 12.8. The number of halogens is 2. The lowest BCUT2D eigenvalue weighted by atomic mass is 10.0. The third kappa shape index (κ3) is 2.90. The van der Waals surface area contributed by atoms with Crippen LogP contribution in [0.4, 0.5) is 8.78 Å². The highest BCUT2D eigenvalue weighted by Crippen LogP contribution is 2.42. The molecule has 0 bridgehead atoms. The second-order valence-electron chi connectivity index (χ2n) is 4.48. The van der Waals surface area contributed by atoms with E-state index in [2.05, 4.69) is 16.4 Å². The van der Waals surface area contributed by atoms with Crippen molar-refractivity contribution in [3.8, 4) is 11.5 Å². The second-order valence-corrected chi connectivity index (χ2v) is 4.48. The first kappa shape index (κ1) is 13.1. The molecule has 1 atom stereocenters. The first-order valence-corrected chi connectivity index (χ1v) is 6.17. The fourth-order valence-electron chi connectivity index (χ4n) is 1.98. The molecule has 0 saturated carbocycles. The quantitative estimate of drug-likeness (QED) is 0.820. The number of ether oxygens (including phenoxy) is 2. The average Bonchev–Trinajstić information content (AvgIpc) is 2.61. The van der Waals surface area contributed by atoms with Gasteiger partial charge in [0.05, 0.1) is 0 Å². The summed E-state index contributed by atoms with van der Waals surface area (Å²) < 4.78 is 34.4. The van der Waals surface area contributed by atoms with Crippen LogP contribution in [0.5, 0.6) is 11.5 Å². The first-order chi connectivity index (χ1) is 8.52. The molecule has 0 amide bonds. The Balaban J connectivity index is 2.04. The Bertz CT molecular complexity index is 423. The van der Waals surface area contributed by atoms with Crippen LogP contribution in [-0.4, -0.2) is 6.29 Å². The summed E-state index contributed by atoms with van der Waals surface area (Å²) >= 11 is 0. The normalized spacial score (nSPS) is 17.8. The van der Waals surface area contributed by atoms with Gasteiger partial charge in [0.25, 0.3) is 0 Å². The van der Waals surface area contributed by atoms with Gasteiger partial charge in [-0.05, 0) is 24.1 Å². The van der Waals surface area contributed by atoms with Gasteiger partial charge in [0.1, 0.15) is 0 Å². The Morgan fingerprint density at radius 2 is 1.94 bits per heavy atom. The van der Waals surface area contributed by atoms with E-state index in [4.69, 9.17) is 5.73 Å². The van der Waals surface area contributed by atoms with Gasteiger partial charge in [-0.3, -0.25) is 0 Å². The van der Waals surface area contributed by atoms with Crippen LogP contribution >= 0.6 is 0 Å². The van der Waals surface area contributed by atoms with Gasteiger partial charge in [-0.25, -0.2) is 0 Å². The molecule has 0 radical (unpaired) electrons. The second kappa shape index (κ2) is 5.10. The topological polar surface area (TPSA) is 44.5 Å². The highest BCUT2D eigenvalue weighted by atomic mass is 19.3. The predicted octanol–water partition coefficient (Wildman–Crippen LogP) is 3.59. The molecule has 0 unspecified atom stereocenters. The molecule has 2 N–H and O–H groups in total. The fraction of sp³-hybridized carbons (Fsp3) is 0.538. The van der Waals surface area contributed by atoms with E-state index in [1.54, 1.807) is 6.07 Å². The Kier molecular flexibility index (Phi) is 3.71. The van der Waals surface area contributed by atoms with Crippen LogP contribution in [0.3, 0.4) is 0 Å². The summed E-state index contributed by atoms with van der Waals surface area (Å²) in [5, 5.41) is 0. The monoisotopic (exact) mass is 257 g/mol. The molecule has 0 saturated heterocycles. The Morgan fingerprint density at radius 1 is 1.22 bits per heavy atom. The number of hydrogen-bond donors (Lipinski definition) is 1. The van der Waals surface area contributed by atoms with Crippen molar-refractivity contribution in [1.29, 1.82) is 0 Å². The lowest BCUT2D eigenvalue weighted by Crippen LogP contribution is -2.25. The molecule has 0 aromatic heterocycles. The van der Waals surface area contributed by atoms with Gasteiger partial charge in [-0.2, -0.15) is 0 Å². The first-order valence-electron chi connectivity index (χ1n) is 6.17. The van der Waals surface area contributed by atoms with Crippen molar-refractivity contribution in [2.45, 2.75) is 44.9 Å². The summed E-state index contributed by atoms with van der Waals surface area (Å²) in [5.74, 6) is 0.118. The van der Waals surface area contributed by atoms with E-state index >= 15 is 0 Å². The number of hydrogen-bond acceptors (Lipinski definition) is 3. The summed E-state index contributed by atoms with van der Waals surface area (Å²) in [6.45, 7) is 2.12. The minimum atomic E-state index is -3.56. The fourth-order valence-corrected chi connectivity index (χ4v) is 1.98. The summed E-state index contributed by atoms with van der Waals surface area (Å²) in [5.41, 5.74) is 6.81. The van der Waals surface area contributed by atoms with E-state index in [-0.39, 0.29) is 17.5 Å². The molecule has 1 aliphatic rings. The molecular formula is C13H17F2NO2. The third-order valence-corrected chi connectivity index (χ3v) is 2.97. The molecule has 0 spiro atoms. The molecule has 2 rings (SSSR count). The number of unbranched alkanes of at least 4 members (excludes halogenated alkanes) is 2. The smallest absolute Gasteiger partial charge is 0.395 e. The lowest BCUT2D eigenvalue weighted by molar-refractivity contribution is -0.286. The zero-order valence-corrected chi connectivity index (χ0v) is 10.3. The van der Waals surface area contributed by atoms with Crippen LogP contribution < -0.4 is 15.2 Å². The minimum absolute atomic E-state index is 0.0587. The van der Waals surface area contributed by atoms with Crippen molar-refractivity contribution in [3.63, 3.8) is 0 Å². The molecule has 18 heavy (non-hydrogen) atoms. The molecule has 3 nitrogen and oxygen atoms in total. The Morgan fingerprint density at radius 3 is 2.67 bits per heavy atom. The van der Waals surface area contributed by atoms with Crippen molar-refractivity contribution in [2.75, 3.05) is 0 Å². The van der Waals surface area contributed by atoms with E-state index < -0.39 is 6.29 Å². The molecule has 1 aliphatic heterocycles. The van der Waals surface area contributed by atoms with E-state index in [0.29, 0.717) is 0 Å². The minimum Gasteiger partial charge on any atom is -0.395 e. The standard InChI is InChI=1S/C13H17F2NO2/c1-2-3-4-5-10(16)9-6-7-11-12(8-9)18-13(14,15)17-11/h6-8,10H,2-5,16H2,1H3/t10-/m0/s1. The molecule has 0 aliphatic carbocycles. The maximum Gasteiger partial charge on any atom is 0.586 e. The van der Waals surface area contributed by atoms with Crippen LogP contribution in [0.2, 0.25) is 0 Å². The van der Waals surface area contributed by atoms with Crippen molar-refractivity contribution in [2.24, 2.45) is 5.73 Å². The van der Waals surface area contributed by atoms with E-state index in [1.807, 2.05) is 0 Å². The highest BCUT2D eigenvalue weighted by molar-refractivity contribution is 5.45. The SMILES string of the molecule is CCCCC[C@H](N)c1ccc2c(c1)OC(F)(F)O2. The van der Waals surface area contributed by atoms with Gasteiger partial charge >= 0.3 is 6.29 Å². The number of rotatable bonds is 5. The summed E-state index contributed by atoms with van der Waals surface area (Å²) in [6, 6.07) is 4.57. The maximum atomic E-state index is 12.8. The number of benzene rings is 1. The van der Waals surface area contributed by atoms with Gasteiger partial charge in [0.2, 0.25) is 0 Å². The van der Waals surface area contributed by atoms with Crippen molar-refractivity contribution < 1.29 is 18.3 Å². The average molecular weight is 257 g/mol. The van der Waals surface area contributed by atoms with Gasteiger partial charge in [-0.15, -0.1) is 8.78 Å². The van der Waals surface area contributed by atoms with Gasteiger partial charge in [0, 0.05) is 6.04 Å². The number of nitrogens with two attached hydrogens (primary N) is 1. The zero-order valence-electron chi connectivity index (χ0n) is 10.3. The van der Waals surface area contributed by atoms with Crippen LogP contribution in [-0.2, 0) is 0 Å². The van der Waals surface area contributed by atoms with Crippen molar-refractivity contribution in [1.82, 2.24) is 0 Å². The van der Waals surface area contributed by atoms with Crippen molar-refractivity contribution >= 4 is 0 Å². The van der Waals surface area contributed by atoms with Crippen molar-refractivity contribution in [3.05, 3.63) is 23.8 Å². The van der Waals surface area contributed by atoms with Gasteiger partial charge < -0.3 is 15.2 Å². The summed E-state index contributed by atoms with van der Waals surface area (Å²) in [6.07, 6.45) is 0.551. The Labute approximate surface area is 105 Å². The molecule has 1 aromatic rings. The lowest BCUT2D eigenvalue weighted by Gasteiger charge is -2.12. The van der Waals surface area contributed by atoms with Crippen LogP contribution in [0.15, 0.2) is 18.2 Å². The predicted molar refractivity (Wildman–Crippen MR) is 63.7 cm³/mol. The molecular weight excluding hydrogens is 240 g/mol. The summed E-state index contributed by atoms with van der Waals surface area (Å²) in [7, 11) is 0. The molecule has 100 valence electrons. The van der Waals surface area contributed by atoms with Crippen LogP contribution in [0.1, 0.15) is 44.2 Å². The van der Waals surface area contributed by atoms with E-state index in [9.17, 15) is 8.78 Å². The largest absolute Gasteiger partial charge is 0.586 e. The zero-order chi connectivity index (χ0) is 13.2. The van der Waals surface area contributed by atoms with Gasteiger partial charge in [-0.1, -0.05) is 32.3 Å². The molecule has 0 fully saturated rings. The van der Waals surface area contributed by atoms with Crippen LogP contribution in [0, 0.1) is 0 Å². The van der Waals surface area contributed by atoms with E-state index in [1.165, 1.54) is 12.1 Å². The molecule has 1 heterocycles. The highest BCUT2D eigenvalue weighted by Gasteiger charge is 2.43. The third-order valence-electron chi connectivity index (χ3n) is 2.97. The van der Waals surface area contributed by atoms with Crippen LogP contribution in [0.25, 0.3) is 0 Å². The Hall–Kier alpha value is -1.36. The number of fused-ring (bicyclic) bond motifs is 1. The van der Waals surface area contributed by atoms with Gasteiger partial charge in [0.15, 0.2) is 11.5 Å². The van der Waals surface area contributed by atoms with E-state index in [0.717, 1.165) is 31.2 Å². The molecule has 5 heteroatoms. The summed E-state index contributed by atoms with van der Waals surface area (Å²) in [4.78, 5) is 0.